The Balaban J connectivity index is 1.79. The molecule has 1 atom stereocenters. The molecule has 0 aliphatic rings. The lowest BCUT2D eigenvalue weighted by Gasteiger charge is -2.20. The highest BCUT2D eigenvalue weighted by Gasteiger charge is 2.14. The van der Waals surface area contributed by atoms with Gasteiger partial charge in [-0.25, -0.2) is 0 Å². The smallest absolute Gasteiger partial charge is 0.155 e. The quantitative estimate of drug-likeness (QED) is 0.165. The summed E-state index contributed by atoms with van der Waals surface area (Å²) in [6.45, 7) is 4.80. The van der Waals surface area contributed by atoms with Crippen LogP contribution >= 0.6 is 0 Å². The third kappa shape index (κ3) is 12.8. The molecule has 0 amide bonds. The van der Waals surface area contributed by atoms with Crippen LogP contribution in [0.2, 0.25) is 0 Å². The molecule has 2 rings (SSSR count). The van der Waals surface area contributed by atoms with Crippen LogP contribution in [0.5, 0.6) is 11.5 Å². The first-order valence-corrected chi connectivity index (χ1v) is 14.8. The number of benzene rings is 2. The predicted molar refractivity (Wildman–Crippen MR) is 153 cm³/mol. The molecule has 2 aromatic carbocycles. The molecule has 0 aliphatic heterocycles. The highest BCUT2D eigenvalue weighted by atomic mass is 16.5. The number of rotatable bonds is 22. The van der Waals surface area contributed by atoms with Gasteiger partial charge in [-0.2, -0.15) is 0 Å². The van der Waals surface area contributed by atoms with Gasteiger partial charge in [0.25, 0.3) is 0 Å². The number of hydrogen-bond donors (Lipinski definition) is 1. The Bertz CT molecular complexity index is 788. The van der Waals surface area contributed by atoms with Crippen LogP contribution in [-0.4, -0.2) is 24.4 Å². The molecule has 3 heteroatoms. The van der Waals surface area contributed by atoms with Gasteiger partial charge in [-0.1, -0.05) is 127 Å². The predicted octanol–water partition coefficient (Wildman–Crippen LogP) is 9.09. The largest absolute Gasteiger partial charge is 0.489 e. The van der Waals surface area contributed by atoms with Gasteiger partial charge in [0.2, 0.25) is 0 Å². The molecule has 0 bridgehead atoms. The Morgan fingerprint density at radius 2 is 1.03 bits per heavy atom. The van der Waals surface area contributed by atoms with Crippen molar-refractivity contribution < 1.29 is 14.6 Å². The fourth-order valence-corrected chi connectivity index (χ4v) is 4.71. The first-order chi connectivity index (χ1) is 17.8. The molecule has 0 aliphatic carbocycles. The summed E-state index contributed by atoms with van der Waals surface area (Å²) < 4.78 is 12.4. The minimum Gasteiger partial charge on any atom is -0.489 e. The summed E-state index contributed by atoms with van der Waals surface area (Å²) in [7, 11) is 0. The average Bonchev–Trinajstić information content (AvgIpc) is 2.91. The van der Waals surface area contributed by atoms with Gasteiger partial charge in [0.1, 0.15) is 18.1 Å². The molecule has 202 valence electrons. The zero-order valence-electron chi connectivity index (χ0n) is 23.2. The van der Waals surface area contributed by atoms with Gasteiger partial charge >= 0.3 is 0 Å². The number of aliphatic hydroxyl groups excluding tert-OH is 1. The van der Waals surface area contributed by atoms with Crippen LogP contribution in [-0.2, 0) is 12.8 Å². The van der Waals surface area contributed by atoms with Crippen molar-refractivity contribution >= 4 is 0 Å². The molecular formula is C33H52O3. The molecule has 0 fully saturated rings. The third-order valence-electron chi connectivity index (χ3n) is 6.97. The molecule has 3 nitrogen and oxygen atoms in total. The van der Waals surface area contributed by atoms with Crippen LogP contribution in [0.15, 0.2) is 48.5 Å². The van der Waals surface area contributed by atoms with Gasteiger partial charge < -0.3 is 14.6 Å². The summed E-state index contributed by atoms with van der Waals surface area (Å²) in [5.74, 6) is 1.80. The van der Waals surface area contributed by atoms with Gasteiger partial charge in [-0.15, -0.1) is 0 Å². The number of aryl methyl sites for hydroxylation is 2. The van der Waals surface area contributed by atoms with Crippen molar-refractivity contribution in [1.29, 1.82) is 0 Å². The highest BCUT2D eigenvalue weighted by Crippen LogP contribution is 2.24. The van der Waals surface area contributed by atoms with E-state index >= 15 is 0 Å². The number of hydrogen-bond acceptors (Lipinski definition) is 3. The molecule has 36 heavy (non-hydrogen) atoms. The van der Waals surface area contributed by atoms with E-state index in [2.05, 4.69) is 38.1 Å². The number of ether oxygens (including phenoxy) is 2. The van der Waals surface area contributed by atoms with Crippen LogP contribution in [0.25, 0.3) is 0 Å². The molecule has 0 spiro atoms. The van der Waals surface area contributed by atoms with Gasteiger partial charge in [-0.05, 0) is 48.9 Å². The van der Waals surface area contributed by atoms with Crippen molar-refractivity contribution in [3.63, 3.8) is 0 Å². The van der Waals surface area contributed by atoms with E-state index in [1.54, 1.807) is 0 Å². The lowest BCUT2D eigenvalue weighted by molar-refractivity contribution is 0.0707. The van der Waals surface area contributed by atoms with Gasteiger partial charge in [0.15, 0.2) is 6.10 Å². The standard InChI is InChI=1S/C33H52O3/c1-3-5-7-9-11-13-15-21-29-23-17-19-25-32(29)35-28-31(27-34)36-33-26-20-18-24-30(33)22-16-14-12-10-8-6-4-2/h17-20,23-26,31,34H,3-16,21-22,27-28H2,1-2H3. The van der Waals surface area contributed by atoms with E-state index in [0.717, 1.165) is 24.3 Å². The maximum Gasteiger partial charge on any atom is 0.155 e. The highest BCUT2D eigenvalue weighted by molar-refractivity contribution is 5.34. The topological polar surface area (TPSA) is 38.7 Å². The van der Waals surface area contributed by atoms with Crippen LogP contribution < -0.4 is 9.47 Å². The van der Waals surface area contributed by atoms with E-state index in [1.165, 1.54) is 101 Å². The zero-order chi connectivity index (χ0) is 25.7. The van der Waals surface area contributed by atoms with E-state index in [9.17, 15) is 5.11 Å². The monoisotopic (exact) mass is 496 g/mol. The van der Waals surface area contributed by atoms with Gasteiger partial charge in [0.05, 0.1) is 6.61 Å². The fraction of sp³-hybridized carbons (Fsp3) is 0.636. The number of unbranched alkanes of at least 4 members (excludes halogenated alkanes) is 12. The molecular weight excluding hydrogens is 444 g/mol. The lowest BCUT2D eigenvalue weighted by Crippen LogP contribution is -2.29. The molecule has 1 N–H and O–H groups in total. The van der Waals surface area contributed by atoms with E-state index in [0.29, 0.717) is 6.61 Å². The van der Waals surface area contributed by atoms with Crippen molar-refractivity contribution in [2.24, 2.45) is 0 Å². The minimum atomic E-state index is -0.383. The van der Waals surface area contributed by atoms with Crippen LogP contribution in [0.4, 0.5) is 0 Å². The summed E-state index contributed by atoms with van der Waals surface area (Å²) in [6, 6.07) is 16.6. The molecule has 0 saturated heterocycles. The van der Waals surface area contributed by atoms with Crippen LogP contribution in [0.1, 0.15) is 115 Å². The van der Waals surface area contributed by atoms with E-state index < -0.39 is 0 Å². The van der Waals surface area contributed by atoms with Crippen LogP contribution in [0.3, 0.4) is 0 Å². The molecule has 0 saturated carbocycles. The van der Waals surface area contributed by atoms with Crippen molar-refractivity contribution in [1.82, 2.24) is 0 Å². The first kappa shape index (κ1) is 30.2. The zero-order valence-corrected chi connectivity index (χ0v) is 23.2. The van der Waals surface area contributed by atoms with Gasteiger partial charge in [-0.3, -0.25) is 0 Å². The summed E-state index contributed by atoms with van der Waals surface area (Å²) >= 11 is 0. The SMILES string of the molecule is CCCCCCCCCc1ccccc1OCC(CO)Oc1ccccc1CCCCCCCCC. The fourth-order valence-electron chi connectivity index (χ4n) is 4.71. The summed E-state index contributed by atoms with van der Waals surface area (Å²) in [6.07, 6.45) is 19.9. The Morgan fingerprint density at radius 3 is 1.56 bits per heavy atom. The summed E-state index contributed by atoms with van der Waals surface area (Å²) in [4.78, 5) is 0. The van der Waals surface area contributed by atoms with Crippen molar-refractivity contribution in [3.05, 3.63) is 59.7 Å². The first-order valence-electron chi connectivity index (χ1n) is 14.8. The number of aliphatic hydroxyl groups is 1. The second-order valence-electron chi connectivity index (χ2n) is 10.2. The Morgan fingerprint density at radius 1 is 0.583 bits per heavy atom. The van der Waals surface area contributed by atoms with Crippen molar-refractivity contribution in [2.45, 2.75) is 123 Å². The second kappa shape index (κ2) is 20.1. The maximum absolute atomic E-state index is 10.00. The van der Waals surface area contributed by atoms with Crippen molar-refractivity contribution in [3.8, 4) is 11.5 Å². The van der Waals surface area contributed by atoms with E-state index in [4.69, 9.17) is 9.47 Å². The molecule has 0 radical (unpaired) electrons. The van der Waals surface area contributed by atoms with E-state index in [-0.39, 0.29) is 12.7 Å². The third-order valence-corrected chi connectivity index (χ3v) is 6.97. The Hall–Kier alpha value is -2.00. The molecule has 1 unspecified atom stereocenters. The Kier molecular flexibility index (Phi) is 16.9. The van der Waals surface area contributed by atoms with E-state index in [1.807, 2.05) is 24.3 Å². The van der Waals surface area contributed by atoms with Gasteiger partial charge in [0, 0.05) is 0 Å². The second-order valence-corrected chi connectivity index (χ2v) is 10.2. The maximum atomic E-state index is 10.00. The minimum absolute atomic E-state index is 0.0638. The lowest BCUT2D eigenvalue weighted by atomic mass is 10.0. The summed E-state index contributed by atoms with van der Waals surface area (Å²) in [5.41, 5.74) is 2.48. The molecule has 0 aromatic heterocycles. The molecule has 0 heterocycles. The Labute approximate surface area is 221 Å². The van der Waals surface area contributed by atoms with Crippen molar-refractivity contribution in [2.75, 3.05) is 13.2 Å². The molecule has 2 aromatic rings. The van der Waals surface area contributed by atoms with Crippen LogP contribution in [0, 0.1) is 0 Å². The normalized spacial score (nSPS) is 12.0. The average molecular weight is 497 g/mol. The summed E-state index contributed by atoms with van der Waals surface area (Å²) in [5, 5.41) is 10.00. The number of para-hydroxylation sites is 2.